The molecule has 0 aromatic carbocycles. The lowest BCUT2D eigenvalue weighted by Gasteiger charge is -2.32. The Morgan fingerprint density at radius 2 is 2.25 bits per heavy atom. The molecule has 1 amide bonds. The Balaban J connectivity index is 0.00000180. The zero-order chi connectivity index (χ0) is 12.8. The predicted octanol–water partition coefficient (Wildman–Crippen LogP) is 0.970. The number of piperidine rings is 1. The van der Waals surface area contributed by atoms with Gasteiger partial charge in [-0.3, -0.25) is 9.48 Å². The summed E-state index contributed by atoms with van der Waals surface area (Å²) in [6.45, 7) is 3.36. The van der Waals surface area contributed by atoms with Crippen LogP contribution in [-0.4, -0.2) is 52.3 Å². The van der Waals surface area contributed by atoms with Crippen LogP contribution in [0.1, 0.15) is 19.3 Å². The van der Waals surface area contributed by atoms with Gasteiger partial charge in [0.15, 0.2) is 0 Å². The molecule has 1 N–H and O–H groups in total. The highest BCUT2D eigenvalue weighted by atomic mass is 35.5. The van der Waals surface area contributed by atoms with Gasteiger partial charge in [-0.05, 0) is 25.8 Å². The van der Waals surface area contributed by atoms with Crippen LogP contribution in [0.4, 0.5) is 0 Å². The number of aromatic nitrogens is 3. The van der Waals surface area contributed by atoms with Crippen LogP contribution in [0, 0.1) is 5.92 Å². The van der Waals surface area contributed by atoms with E-state index >= 15 is 0 Å². The topological polar surface area (TPSA) is 63.1 Å². The number of carbonyl (C=O) groups excluding carboxylic acids is 1. The van der Waals surface area contributed by atoms with E-state index in [-0.39, 0.29) is 30.7 Å². The molecule has 0 saturated carbocycles. The summed E-state index contributed by atoms with van der Waals surface area (Å²) in [5, 5.41) is 7.14. The maximum Gasteiger partial charge on any atom is 0.223 e. The maximum absolute atomic E-state index is 12.0. The van der Waals surface area contributed by atoms with Gasteiger partial charge in [0.25, 0.3) is 0 Å². The summed E-state index contributed by atoms with van der Waals surface area (Å²) in [5.41, 5.74) is 0. The fourth-order valence-electron chi connectivity index (χ4n) is 2.42. The highest BCUT2D eigenvalue weighted by molar-refractivity contribution is 5.85. The van der Waals surface area contributed by atoms with E-state index in [1.54, 1.807) is 12.7 Å². The molecule has 1 fully saturated rings. The molecule has 6 nitrogen and oxygen atoms in total. The fourth-order valence-corrected chi connectivity index (χ4v) is 2.42. The Hall–Kier alpha value is -0.850. The summed E-state index contributed by atoms with van der Waals surface area (Å²) in [4.78, 5) is 17.9. The lowest BCUT2D eigenvalue weighted by atomic mass is 9.98. The van der Waals surface area contributed by atoms with Gasteiger partial charge in [-0.25, -0.2) is 4.98 Å². The first-order valence-electron chi connectivity index (χ1n) is 6.54. The average Bonchev–Trinajstić information content (AvgIpc) is 2.89. The van der Waals surface area contributed by atoms with Crippen molar-refractivity contribution in [1.82, 2.24) is 25.0 Å². The number of hydrogen-bond donors (Lipinski definition) is 1. The van der Waals surface area contributed by atoms with Crippen molar-refractivity contribution in [3.63, 3.8) is 0 Å². The van der Waals surface area contributed by atoms with Crippen LogP contribution < -0.4 is 5.32 Å². The first kappa shape index (κ1) is 19.1. The molecule has 1 atom stereocenters. The van der Waals surface area contributed by atoms with Crippen molar-refractivity contribution in [3.05, 3.63) is 12.7 Å². The van der Waals surface area contributed by atoms with E-state index in [0.29, 0.717) is 12.3 Å². The summed E-state index contributed by atoms with van der Waals surface area (Å²) in [6.07, 6.45) is 6.13. The monoisotopic (exact) mass is 323 g/mol. The third kappa shape index (κ3) is 5.64. The standard InChI is InChI=1S/C12H21N5O.2ClH/c1-13-5-4-12(18)16-6-2-3-11(7-16)8-17-10-14-9-15-17;;/h9-11,13H,2-8H2,1H3;2*1H. The van der Waals surface area contributed by atoms with Crippen LogP contribution in [-0.2, 0) is 11.3 Å². The Labute approximate surface area is 132 Å². The van der Waals surface area contributed by atoms with Crippen molar-refractivity contribution in [2.24, 2.45) is 5.92 Å². The van der Waals surface area contributed by atoms with Crippen LogP contribution in [0.15, 0.2) is 12.7 Å². The molecule has 1 unspecified atom stereocenters. The number of amides is 1. The number of rotatable bonds is 5. The molecule has 2 rings (SSSR count). The molecule has 20 heavy (non-hydrogen) atoms. The third-order valence-corrected chi connectivity index (χ3v) is 3.37. The van der Waals surface area contributed by atoms with E-state index < -0.39 is 0 Å². The largest absolute Gasteiger partial charge is 0.342 e. The summed E-state index contributed by atoms with van der Waals surface area (Å²) < 4.78 is 1.85. The summed E-state index contributed by atoms with van der Waals surface area (Å²) in [7, 11) is 1.87. The van der Waals surface area contributed by atoms with Gasteiger partial charge in [0.1, 0.15) is 12.7 Å². The molecular weight excluding hydrogens is 301 g/mol. The Kier molecular flexibility index (Phi) is 9.54. The minimum atomic E-state index is 0. The SMILES string of the molecule is CNCCC(=O)N1CCCC(Cn2cncn2)C1.Cl.Cl. The van der Waals surface area contributed by atoms with Crippen LogP contribution in [0.3, 0.4) is 0 Å². The Morgan fingerprint density at radius 3 is 2.90 bits per heavy atom. The summed E-state index contributed by atoms with van der Waals surface area (Å²) >= 11 is 0. The van der Waals surface area contributed by atoms with E-state index in [4.69, 9.17) is 0 Å². The normalized spacial score (nSPS) is 18.1. The fraction of sp³-hybridized carbons (Fsp3) is 0.750. The molecule has 1 aliphatic heterocycles. The van der Waals surface area contributed by atoms with Gasteiger partial charge in [-0.1, -0.05) is 0 Å². The number of hydrogen-bond acceptors (Lipinski definition) is 4. The first-order chi connectivity index (χ1) is 8.79. The number of nitrogens with one attached hydrogen (secondary N) is 1. The van der Waals surface area contributed by atoms with Gasteiger partial charge < -0.3 is 10.2 Å². The van der Waals surface area contributed by atoms with E-state index in [0.717, 1.165) is 39.0 Å². The molecule has 0 radical (unpaired) electrons. The van der Waals surface area contributed by atoms with Crippen LogP contribution >= 0.6 is 24.8 Å². The minimum Gasteiger partial charge on any atom is -0.342 e. The molecule has 1 aromatic rings. The quantitative estimate of drug-likeness (QED) is 0.877. The number of carbonyl (C=O) groups is 1. The molecule has 0 bridgehead atoms. The van der Waals surface area contributed by atoms with E-state index in [9.17, 15) is 4.79 Å². The molecule has 0 aliphatic carbocycles. The van der Waals surface area contributed by atoms with Gasteiger partial charge in [0, 0.05) is 32.6 Å². The van der Waals surface area contributed by atoms with Crippen molar-refractivity contribution in [2.45, 2.75) is 25.8 Å². The second kappa shape index (κ2) is 9.96. The van der Waals surface area contributed by atoms with Crippen molar-refractivity contribution < 1.29 is 4.79 Å². The van der Waals surface area contributed by atoms with Crippen molar-refractivity contribution in [3.8, 4) is 0 Å². The third-order valence-electron chi connectivity index (χ3n) is 3.37. The van der Waals surface area contributed by atoms with Crippen molar-refractivity contribution in [1.29, 1.82) is 0 Å². The van der Waals surface area contributed by atoms with Crippen LogP contribution in [0.2, 0.25) is 0 Å². The number of nitrogens with zero attached hydrogens (tertiary/aromatic N) is 4. The van der Waals surface area contributed by atoms with E-state index in [1.807, 2.05) is 16.6 Å². The molecule has 2 heterocycles. The zero-order valence-electron chi connectivity index (χ0n) is 11.7. The first-order valence-corrected chi connectivity index (χ1v) is 6.54. The molecular formula is C12H23Cl2N5O. The van der Waals surface area contributed by atoms with E-state index in [2.05, 4.69) is 15.4 Å². The number of likely N-dealkylation sites (tertiary alicyclic amines) is 1. The van der Waals surface area contributed by atoms with Crippen molar-refractivity contribution in [2.75, 3.05) is 26.7 Å². The highest BCUT2D eigenvalue weighted by Crippen LogP contribution is 2.18. The zero-order valence-corrected chi connectivity index (χ0v) is 13.3. The maximum atomic E-state index is 12.0. The van der Waals surface area contributed by atoms with Crippen molar-refractivity contribution >= 4 is 30.7 Å². The molecule has 1 saturated heterocycles. The molecule has 116 valence electrons. The smallest absolute Gasteiger partial charge is 0.223 e. The highest BCUT2D eigenvalue weighted by Gasteiger charge is 2.23. The Morgan fingerprint density at radius 1 is 1.45 bits per heavy atom. The van der Waals surface area contributed by atoms with Crippen LogP contribution in [0.5, 0.6) is 0 Å². The lowest BCUT2D eigenvalue weighted by Crippen LogP contribution is -2.41. The minimum absolute atomic E-state index is 0. The molecule has 1 aromatic heterocycles. The summed E-state index contributed by atoms with van der Waals surface area (Å²) in [5.74, 6) is 0.756. The van der Waals surface area contributed by atoms with Gasteiger partial charge in [-0.15, -0.1) is 24.8 Å². The molecule has 1 aliphatic rings. The second-order valence-electron chi connectivity index (χ2n) is 4.82. The molecule has 8 heteroatoms. The van der Waals surface area contributed by atoms with Crippen LogP contribution in [0.25, 0.3) is 0 Å². The van der Waals surface area contributed by atoms with Gasteiger partial charge >= 0.3 is 0 Å². The predicted molar refractivity (Wildman–Crippen MR) is 82.4 cm³/mol. The lowest BCUT2D eigenvalue weighted by molar-refractivity contribution is -0.133. The molecule has 0 spiro atoms. The number of halogens is 2. The van der Waals surface area contributed by atoms with Gasteiger partial charge in [0.2, 0.25) is 5.91 Å². The second-order valence-corrected chi connectivity index (χ2v) is 4.82. The van der Waals surface area contributed by atoms with E-state index in [1.165, 1.54) is 0 Å². The van der Waals surface area contributed by atoms with Gasteiger partial charge in [0.05, 0.1) is 0 Å². The van der Waals surface area contributed by atoms with Gasteiger partial charge in [-0.2, -0.15) is 5.10 Å². The Bertz CT molecular complexity index is 374. The average molecular weight is 324 g/mol. The summed E-state index contributed by atoms with van der Waals surface area (Å²) in [6, 6.07) is 0.